The van der Waals surface area contributed by atoms with E-state index in [2.05, 4.69) is 15.3 Å². The maximum atomic E-state index is 12.2. The second-order valence-corrected chi connectivity index (χ2v) is 6.40. The first kappa shape index (κ1) is 20.8. The zero-order valence-corrected chi connectivity index (χ0v) is 16.8. The molecule has 0 saturated carbocycles. The molecule has 2 aromatic carbocycles. The van der Waals surface area contributed by atoms with Crippen molar-refractivity contribution < 1.29 is 23.8 Å². The molecule has 1 aromatic heterocycles. The zero-order chi connectivity index (χ0) is 21.7. The summed E-state index contributed by atoms with van der Waals surface area (Å²) in [6, 6.07) is 9.94. The molecule has 0 bridgehead atoms. The minimum atomic E-state index is -0.670. The molecule has 0 unspecified atom stereocenters. The van der Waals surface area contributed by atoms with E-state index in [0.29, 0.717) is 28.0 Å². The molecule has 0 fully saturated rings. The van der Waals surface area contributed by atoms with Crippen LogP contribution >= 0.6 is 0 Å². The third-order valence-electron chi connectivity index (χ3n) is 4.40. The van der Waals surface area contributed by atoms with Crippen LogP contribution in [0, 0.1) is 6.92 Å². The van der Waals surface area contributed by atoms with Crippen LogP contribution in [0.2, 0.25) is 0 Å². The molecule has 3 rings (SSSR count). The lowest BCUT2D eigenvalue weighted by molar-refractivity contribution is -0.143. The van der Waals surface area contributed by atoms with Crippen LogP contribution in [0.25, 0.3) is 10.9 Å². The fourth-order valence-corrected chi connectivity index (χ4v) is 2.85. The number of carbonyl (C=O) groups excluding carboxylic acids is 2. The van der Waals surface area contributed by atoms with Crippen molar-refractivity contribution in [2.45, 2.75) is 13.5 Å². The Labute approximate surface area is 172 Å². The minimum Gasteiger partial charge on any atom is -0.493 e. The van der Waals surface area contributed by atoms with Crippen LogP contribution in [0.15, 0.2) is 41.2 Å². The molecule has 0 aliphatic carbocycles. The topological polar surface area (TPSA) is 120 Å². The first-order valence-corrected chi connectivity index (χ1v) is 9.07. The molecular weight excluding hydrogens is 390 g/mol. The summed E-state index contributed by atoms with van der Waals surface area (Å²) in [5.74, 6) is -0.0339. The maximum Gasteiger partial charge on any atom is 0.325 e. The number of hydrogen-bond acceptors (Lipinski definition) is 7. The highest BCUT2D eigenvalue weighted by molar-refractivity contribution is 5.96. The number of hydrogen-bond donors (Lipinski definition) is 2. The number of aryl methyl sites for hydroxylation is 1. The molecule has 30 heavy (non-hydrogen) atoms. The van der Waals surface area contributed by atoms with E-state index in [0.717, 1.165) is 5.56 Å². The summed E-state index contributed by atoms with van der Waals surface area (Å²) in [6.07, 6.45) is 0. The van der Waals surface area contributed by atoms with Crippen molar-refractivity contribution in [2.24, 2.45) is 0 Å². The Kier molecular flexibility index (Phi) is 6.31. The summed E-state index contributed by atoms with van der Waals surface area (Å²) in [7, 11) is 2.95. The van der Waals surface area contributed by atoms with Crippen molar-refractivity contribution in [3.05, 3.63) is 63.7 Å². The number of methoxy groups -OCH3 is 2. The number of para-hydroxylation sites is 1. The van der Waals surface area contributed by atoms with Crippen molar-refractivity contribution in [3.8, 4) is 11.5 Å². The van der Waals surface area contributed by atoms with Crippen LogP contribution < -0.4 is 20.3 Å². The highest BCUT2D eigenvalue weighted by Crippen LogP contribution is 2.27. The van der Waals surface area contributed by atoms with Crippen molar-refractivity contribution in [1.82, 2.24) is 15.3 Å². The quantitative estimate of drug-likeness (QED) is 0.568. The summed E-state index contributed by atoms with van der Waals surface area (Å²) in [5, 5.41) is 2.94. The molecule has 0 radical (unpaired) electrons. The normalized spacial score (nSPS) is 10.5. The van der Waals surface area contributed by atoms with E-state index in [1.54, 1.807) is 24.3 Å². The Morgan fingerprint density at radius 2 is 1.87 bits per heavy atom. The molecule has 9 heteroatoms. The molecule has 1 amide bonds. The van der Waals surface area contributed by atoms with E-state index in [9.17, 15) is 14.4 Å². The highest BCUT2D eigenvalue weighted by atomic mass is 16.5. The Balaban J connectivity index is 1.59. The fraction of sp³-hybridized carbons (Fsp3) is 0.238. The van der Waals surface area contributed by atoms with Gasteiger partial charge in [-0.05, 0) is 36.8 Å². The number of carbonyl (C=O) groups is 2. The van der Waals surface area contributed by atoms with Gasteiger partial charge in [0.25, 0.3) is 11.5 Å². The van der Waals surface area contributed by atoms with Gasteiger partial charge in [-0.3, -0.25) is 14.4 Å². The Bertz CT molecular complexity index is 1160. The van der Waals surface area contributed by atoms with Gasteiger partial charge >= 0.3 is 5.97 Å². The smallest absolute Gasteiger partial charge is 0.325 e. The average Bonchev–Trinajstić information content (AvgIpc) is 2.76. The highest BCUT2D eigenvalue weighted by Gasteiger charge is 2.13. The third-order valence-corrected chi connectivity index (χ3v) is 4.40. The van der Waals surface area contributed by atoms with Crippen molar-refractivity contribution in [1.29, 1.82) is 0 Å². The van der Waals surface area contributed by atoms with Gasteiger partial charge < -0.3 is 24.5 Å². The molecule has 0 aliphatic rings. The number of aromatic amines is 1. The summed E-state index contributed by atoms with van der Waals surface area (Å²) in [6.45, 7) is 1.28. The number of rotatable bonds is 7. The fourth-order valence-electron chi connectivity index (χ4n) is 2.85. The van der Waals surface area contributed by atoms with Crippen molar-refractivity contribution >= 4 is 22.8 Å². The van der Waals surface area contributed by atoms with Gasteiger partial charge in [0.15, 0.2) is 11.5 Å². The van der Waals surface area contributed by atoms with Crippen LogP contribution in [0.4, 0.5) is 0 Å². The van der Waals surface area contributed by atoms with E-state index < -0.39 is 11.9 Å². The number of H-pyrrole nitrogens is 1. The summed E-state index contributed by atoms with van der Waals surface area (Å²) in [5.41, 5.74) is 1.38. The largest absolute Gasteiger partial charge is 0.493 e. The van der Waals surface area contributed by atoms with Crippen molar-refractivity contribution in [2.75, 3.05) is 20.8 Å². The van der Waals surface area contributed by atoms with Crippen molar-refractivity contribution in [3.63, 3.8) is 0 Å². The number of nitrogens with one attached hydrogen (secondary N) is 2. The second kappa shape index (κ2) is 9.08. The van der Waals surface area contributed by atoms with Gasteiger partial charge in [0.1, 0.15) is 19.0 Å². The predicted molar refractivity (Wildman–Crippen MR) is 109 cm³/mol. The van der Waals surface area contributed by atoms with Gasteiger partial charge in [0.05, 0.1) is 25.1 Å². The monoisotopic (exact) mass is 411 g/mol. The zero-order valence-electron chi connectivity index (χ0n) is 16.8. The van der Waals surface area contributed by atoms with E-state index in [1.807, 2.05) is 13.0 Å². The molecule has 1 heterocycles. The number of esters is 1. The molecule has 156 valence electrons. The number of nitrogens with zero attached hydrogens (tertiary/aromatic N) is 1. The predicted octanol–water partition coefficient (Wildman–Crippen LogP) is 1.72. The summed E-state index contributed by atoms with van der Waals surface area (Å²) >= 11 is 0. The minimum absolute atomic E-state index is 0.218. The molecule has 0 atom stereocenters. The number of ether oxygens (including phenoxy) is 3. The maximum absolute atomic E-state index is 12.2. The van der Waals surface area contributed by atoms with Gasteiger partial charge in [-0.15, -0.1) is 0 Å². The number of amides is 1. The van der Waals surface area contributed by atoms with Crippen LogP contribution in [0.3, 0.4) is 0 Å². The Hall–Kier alpha value is -3.88. The van der Waals surface area contributed by atoms with E-state index in [4.69, 9.17) is 14.2 Å². The third kappa shape index (κ3) is 4.57. The lowest BCUT2D eigenvalue weighted by Crippen LogP contribution is -2.30. The molecular formula is C21H21N3O6. The van der Waals surface area contributed by atoms with Crippen LogP contribution in [-0.4, -0.2) is 42.6 Å². The lowest BCUT2D eigenvalue weighted by Gasteiger charge is -2.10. The summed E-state index contributed by atoms with van der Waals surface area (Å²) in [4.78, 5) is 43.3. The van der Waals surface area contributed by atoms with Crippen LogP contribution in [-0.2, 0) is 16.1 Å². The van der Waals surface area contributed by atoms with Gasteiger partial charge in [-0.1, -0.05) is 12.1 Å². The van der Waals surface area contributed by atoms with Gasteiger partial charge in [0.2, 0.25) is 0 Å². The van der Waals surface area contributed by atoms with Gasteiger partial charge in [-0.25, -0.2) is 4.98 Å². The molecule has 2 N–H and O–H groups in total. The standard InChI is InChI=1S/C21H21N3O6/c1-12-5-4-6-14-19(12)23-17(24-21(14)27)11-30-18(25)10-22-20(26)13-7-8-15(28-2)16(9-13)29-3/h4-9H,10-11H2,1-3H3,(H,22,26)(H,23,24,27). The molecule has 0 spiro atoms. The number of aromatic nitrogens is 2. The average molecular weight is 411 g/mol. The number of benzene rings is 2. The number of fused-ring (bicyclic) bond motifs is 1. The first-order chi connectivity index (χ1) is 14.4. The van der Waals surface area contributed by atoms with E-state index in [1.165, 1.54) is 20.3 Å². The molecule has 0 saturated heterocycles. The molecule has 9 nitrogen and oxygen atoms in total. The van der Waals surface area contributed by atoms with Gasteiger partial charge in [-0.2, -0.15) is 0 Å². The van der Waals surface area contributed by atoms with E-state index in [-0.39, 0.29) is 24.5 Å². The SMILES string of the molecule is COc1ccc(C(=O)NCC(=O)OCc2nc3c(C)cccc3c(=O)[nH]2)cc1OC. The lowest BCUT2D eigenvalue weighted by atomic mass is 10.1. The van der Waals surface area contributed by atoms with Crippen LogP contribution in [0.1, 0.15) is 21.7 Å². The summed E-state index contributed by atoms with van der Waals surface area (Å²) < 4.78 is 15.4. The van der Waals surface area contributed by atoms with Gasteiger partial charge in [0, 0.05) is 5.56 Å². The second-order valence-electron chi connectivity index (χ2n) is 6.40. The molecule has 0 aliphatic heterocycles. The van der Waals surface area contributed by atoms with E-state index >= 15 is 0 Å². The Morgan fingerprint density at radius 1 is 1.10 bits per heavy atom. The molecule has 3 aromatic rings. The Morgan fingerprint density at radius 3 is 2.60 bits per heavy atom. The first-order valence-electron chi connectivity index (χ1n) is 9.07. The van der Waals surface area contributed by atoms with Crippen LogP contribution in [0.5, 0.6) is 11.5 Å².